The first-order valence-corrected chi connectivity index (χ1v) is 4.26. The third-order valence-corrected chi connectivity index (χ3v) is 2.79. The Morgan fingerprint density at radius 1 is 1.30 bits per heavy atom. The summed E-state index contributed by atoms with van der Waals surface area (Å²) in [5.41, 5.74) is 0.859. The van der Waals surface area contributed by atoms with E-state index in [0.717, 1.165) is 5.56 Å². The molecular formula is C7H8NOS. The fraction of sp³-hybridized carbons (Fsp3) is 0. The largest absolute Gasteiger partial charge is 0.325 e. The fourth-order valence-electron chi connectivity index (χ4n) is 1.05. The molecule has 1 radical (unpaired) electrons. The standard InChI is InChI=1S/C7H8NOS/c9-7-5-3-1-2-4-6(5)10-8-7/h1-4H,10H3,(H,8,9). The van der Waals surface area contributed by atoms with Crippen molar-refractivity contribution < 1.29 is 4.79 Å². The lowest BCUT2D eigenvalue weighted by Crippen LogP contribution is -2.07. The predicted molar refractivity (Wildman–Crippen MR) is 44.0 cm³/mol. The third-order valence-electron chi connectivity index (χ3n) is 1.56. The molecule has 0 bridgehead atoms. The molecular weight excluding hydrogens is 146 g/mol. The van der Waals surface area contributed by atoms with Gasteiger partial charge in [-0.1, -0.05) is 12.1 Å². The van der Waals surface area contributed by atoms with E-state index in [1.807, 2.05) is 24.3 Å². The summed E-state index contributed by atoms with van der Waals surface area (Å²) in [5.74, 6) is 0.0885. The highest BCUT2D eigenvalue weighted by molar-refractivity contribution is 7.98. The number of amides is 1. The van der Waals surface area contributed by atoms with Crippen LogP contribution in [-0.4, -0.2) is 5.91 Å². The SMILES string of the molecule is O=C1N[SH3]c2ccccc21. The zero-order valence-electron chi connectivity index (χ0n) is 5.29. The number of nitrogens with one attached hydrogen (secondary N) is 1. The van der Waals surface area contributed by atoms with Crippen molar-refractivity contribution in [3.8, 4) is 0 Å². The van der Waals surface area contributed by atoms with E-state index in [-0.39, 0.29) is 17.9 Å². The van der Waals surface area contributed by atoms with Crippen molar-refractivity contribution >= 4 is 17.9 Å². The van der Waals surface area contributed by atoms with Gasteiger partial charge >= 0.3 is 0 Å². The summed E-state index contributed by atoms with van der Waals surface area (Å²) in [4.78, 5) is 12.2. The van der Waals surface area contributed by atoms with Crippen LogP contribution < -0.4 is 4.72 Å². The molecule has 1 aromatic rings. The van der Waals surface area contributed by atoms with Gasteiger partial charge in [0.2, 0.25) is 0 Å². The summed E-state index contributed by atoms with van der Waals surface area (Å²) in [5, 5.41) is 0. The van der Waals surface area contributed by atoms with Gasteiger partial charge < -0.3 is 4.72 Å². The molecule has 1 aliphatic heterocycles. The molecule has 2 nitrogen and oxygen atoms in total. The molecule has 0 aromatic heterocycles. The third kappa shape index (κ3) is 0.708. The topological polar surface area (TPSA) is 29.1 Å². The van der Waals surface area contributed by atoms with Gasteiger partial charge in [0.25, 0.3) is 5.91 Å². The van der Waals surface area contributed by atoms with Crippen LogP contribution in [0.1, 0.15) is 10.4 Å². The minimum atomic E-state index is 0.00255. The van der Waals surface area contributed by atoms with Gasteiger partial charge in [-0.05, 0) is 12.1 Å². The normalized spacial score (nSPS) is 15.4. The van der Waals surface area contributed by atoms with Crippen molar-refractivity contribution in [2.24, 2.45) is 0 Å². The summed E-state index contributed by atoms with van der Waals surface area (Å²) >= 11 is 0.00255. The fourth-order valence-corrected chi connectivity index (χ4v) is 2.08. The molecule has 0 spiro atoms. The first kappa shape index (κ1) is 5.80. The number of hydrogen-bond acceptors (Lipinski definition) is 1. The first-order chi connectivity index (χ1) is 4.88. The molecule has 1 heterocycles. The van der Waals surface area contributed by atoms with Crippen LogP contribution in [0, 0.1) is 0 Å². The van der Waals surface area contributed by atoms with E-state index in [9.17, 15) is 4.79 Å². The van der Waals surface area contributed by atoms with Crippen molar-refractivity contribution in [3.63, 3.8) is 0 Å². The average molecular weight is 154 g/mol. The molecule has 10 heavy (non-hydrogen) atoms. The van der Waals surface area contributed by atoms with Gasteiger partial charge in [-0.25, -0.2) is 11.9 Å². The maximum atomic E-state index is 11.0. The lowest BCUT2D eigenvalue weighted by molar-refractivity contribution is 0.0986. The number of benzene rings is 1. The van der Waals surface area contributed by atoms with Crippen LogP contribution in [0.5, 0.6) is 0 Å². The molecule has 0 atom stereocenters. The molecule has 1 amide bonds. The number of carbonyl (C=O) groups excluding carboxylic acids is 1. The second-order valence-electron chi connectivity index (χ2n) is 2.21. The highest BCUT2D eigenvalue weighted by Gasteiger charge is 2.14. The van der Waals surface area contributed by atoms with Gasteiger partial charge in [-0.15, -0.1) is 0 Å². The molecule has 0 unspecified atom stereocenters. The summed E-state index contributed by atoms with van der Waals surface area (Å²) in [6, 6.07) is 7.72. The van der Waals surface area contributed by atoms with Crippen LogP contribution in [0.25, 0.3) is 0 Å². The molecule has 0 saturated heterocycles. The molecule has 0 fully saturated rings. The Morgan fingerprint density at radius 3 is 2.90 bits per heavy atom. The minimum Gasteiger partial charge on any atom is -0.325 e. The maximum absolute atomic E-state index is 11.0. The summed E-state index contributed by atoms with van der Waals surface area (Å²) in [6.07, 6.45) is 0. The Balaban J connectivity index is 2.61. The lowest BCUT2D eigenvalue weighted by atomic mass is 10.2. The van der Waals surface area contributed by atoms with E-state index in [0.29, 0.717) is 0 Å². The molecule has 1 aromatic carbocycles. The summed E-state index contributed by atoms with van der Waals surface area (Å²) in [6.45, 7) is 0. The monoisotopic (exact) mass is 154 g/mol. The lowest BCUT2D eigenvalue weighted by Gasteiger charge is -1.92. The minimum absolute atomic E-state index is 0.00255. The zero-order valence-corrected chi connectivity index (χ0v) is 6.45. The first-order valence-electron chi connectivity index (χ1n) is 3.11. The predicted octanol–water partition coefficient (Wildman–Crippen LogP) is 0.634. The van der Waals surface area contributed by atoms with E-state index < -0.39 is 0 Å². The van der Waals surface area contributed by atoms with Crippen LogP contribution in [0.2, 0.25) is 0 Å². The van der Waals surface area contributed by atoms with Crippen molar-refractivity contribution in [1.82, 2.24) is 4.72 Å². The number of rotatable bonds is 0. The Bertz CT molecular complexity index is 285. The highest BCUT2D eigenvalue weighted by atomic mass is 32.2. The average Bonchev–Trinajstić information content (AvgIpc) is 2.34. The molecule has 1 aliphatic rings. The van der Waals surface area contributed by atoms with Crippen molar-refractivity contribution in [2.45, 2.75) is 4.90 Å². The Kier molecular flexibility index (Phi) is 1.17. The van der Waals surface area contributed by atoms with E-state index >= 15 is 0 Å². The molecule has 1 N–H and O–H groups in total. The van der Waals surface area contributed by atoms with Crippen molar-refractivity contribution in [3.05, 3.63) is 29.8 Å². The van der Waals surface area contributed by atoms with Gasteiger partial charge in [0, 0.05) is 4.90 Å². The van der Waals surface area contributed by atoms with Crippen LogP contribution in [0.4, 0.5) is 0 Å². The Labute approximate surface area is 62.8 Å². The van der Waals surface area contributed by atoms with Gasteiger partial charge in [0.1, 0.15) is 0 Å². The van der Waals surface area contributed by atoms with E-state index in [1.54, 1.807) is 0 Å². The quantitative estimate of drug-likeness (QED) is 0.583. The second-order valence-corrected chi connectivity index (χ2v) is 3.40. The van der Waals surface area contributed by atoms with Crippen LogP contribution in [0.3, 0.4) is 0 Å². The molecule has 0 aliphatic carbocycles. The van der Waals surface area contributed by atoms with Crippen LogP contribution >= 0.6 is 11.9 Å². The molecule has 2 rings (SSSR count). The smallest absolute Gasteiger partial charge is 0.259 e. The number of hydrogen-bond donors (Lipinski definition) is 1. The zero-order chi connectivity index (χ0) is 6.97. The maximum Gasteiger partial charge on any atom is 0.259 e. The van der Waals surface area contributed by atoms with Gasteiger partial charge in [0.15, 0.2) is 0 Å². The van der Waals surface area contributed by atoms with Crippen molar-refractivity contribution in [2.75, 3.05) is 0 Å². The molecule has 0 saturated carbocycles. The number of carbonyl (C=O) groups is 1. The van der Waals surface area contributed by atoms with E-state index in [1.165, 1.54) is 4.90 Å². The molecule has 53 valence electrons. The van der Waals surface area contributed by atoms with Crippen molar-refractivity contribution in [1.29, 1.82) is 0 Å². The van der Waals surface area contributed by atoms with E-state index in [2.05, 4.69) is 4.72 Å². The summed E-state index contributed by atoms with van der Waals surface area (Å²) < 4.78 is 2.83. The summed E-state index contributed by atoms with van der Waals surface area (Å²) in [7, 11) is 0. The number of fused-ring (bicyclic) bond motifs is 1. The van der Waals surface area contributed by atoms with Gasteiger partial charge in [-0.2, -0.15) is 0 Å². The van der Waals surface area contributed by atoms with E-state index in [4.69, 9.17) is 0 Å². The van der Waals surface area contributed by atoms with Crippen LogP contribution in [-0.2, 0) is 0 Å². The molecule has 3 heteroatoms. The Morgan fingerprint density at radius 2 is 2.10 bits per heavy atom. The highest BCUT2D eigenvalue weighted by Crippen LogP contribution is 2.25. The second kappa shape index (κ2) is 2.02. The van der Waals surface area contributed by atoms with Gasteiger partial charge in [-0.3, -0.25) is 4.79 Å². The van der Waals surface area contributed by atoms with Crippen LogP contribution in [0.15, 0.2) is 29.2 Å². The Hall–Kier alpha value is -0.960. The van der Waals surface area contributed by atoms with Gasteiger partial charge in [0.05, 0.1) is 5.56 Å².